The van der Waals surface area contributed by atoms with Crippen molar-refractivity contribution in [1.29, 1.82) is 0 Å². The third-order valence-corrected chi connectivity index (χ3v) is 2.10. The lowest BCUT2D eigenvalue weighted by molar-refractivity contribution is -0.137. The number of aliphatic hydroxyl groups excluding tert-OH is 2. The van der Waals surface area contributed by atoms with E-state index in [1.165, 1.54) is 38.5 Å². The van der Waals surface area contributed by atoms with Crippen LogP contribution in [0.2, 0.25) is 0 Å². The van der Waals surface area contributed by atoms with Crippen molar-refractivity contribution in [2.24, 2.45) is 0 Å². The summed E-state index contributed by atoms with van der Waals surface area (Å²) >= 11 is 0. The molecule has 1 aliphatic carbocycles. The van der Waals surface area contributed by atoms with E-state index >= 15 is 0 Å². The molecule has 1 fully saturated rings. The Balaban J connectivity index is -0.0000000858. The molecule has 0 spiro atoms. The maximum atomic E-state index is 9.37. The van der Waals surface area contributed by atoms with Gasteiger partial charge in [0, 0.05) is 27.1 Å². The summed E-state index contributed by atoms with van der Waals surface area (Å²) in [7, 11) is 2.00. The van der Waals surface area contributed by atoms with Gasteiger partial charge in [-0.25, -0.2) is 0 Å². The highest BCUT2D eigenvalue weighted by Crippen LogP contribution is 2.15. The molecule has 0 radical (unpaired) electrons. The highest BCUT2D eigenvalue weighted by molar-refractivity contribution is 5.66. The van der Waals surface area contributed by atoms with Crippen molar-refractivity contribution in [1.82, 2.24) is 0 Å². The average molecular weight is 296 g/mol. The van der Waals surface area contributed by atoms with Crippen molar-refractivity contribution in [3.63, 3.8) is 0 Å². The molecule has 1 aliphatic rings. The third kappa shape index (κ3) is 54.0. The fraction of sp³-hybridized carbons (Fsp3) is 0.857. The summed E-state index contributed by atoms with van der Waals surface area (Å²) in [5, 5.41) is 29.4. The molecule has 6 nitrogen and oxygen atoms in total. The zero-order valence-electron chi connectivity index (χ0n) is 13.3. The second kappa shape index (κ2) is 30.7. The van der Waals surface area contributed by atoms with Crippen LogP contribution in [0.1, 0.15) is 65.2 Å². The van der Waals surface area contributed by atoms with Crippen LogP contribution in [0.3, 0.4) is 0 Å². The number of carboxylic acids is 2. The first-order chi connectivity index (χ1) is 9.54. The van der Waals surface area contributed by atoms with E-state index in [1.807, 2.05) is 0 Å². The van der Waals surface area contributed by atoms with Gasteiger partial charge in [-0.05, 0) is 0 Å². The standard InChI is InChI=1S/C6H12.2C3H6O2.2CH4O/c1-2-4-6-5-3-1;2*1-2-3(4)5;2*1-2/h1-6H2;2*2H2,1H3,(H,4,5);2*2H,1H3. The Kier molecular flexibility index (Phi) is 41.8. The highest BCUT2D eigenvalue weighted by Gasteiger charge is 1.95. The van der Waals surface area contributed by atoms with Crippen molar-refractivity contribution in [3.8, 4) is 0 Å². The number of carboxylic acid groups (broad SMARTS) is 2. The molecule has 20 heavy (non-hydrogen) atoms. The molecule has 0 aromatic carbocycles. The van der Waals surface area contributed by atoms with Gasteiger partial charge in [-0.15, -0.1) is 0 Å². The predicted molar refractivity (Wildman–Crippen MR) is 79.8 cm³/mol. The van der Waals surface area contributed by atoms with Crippen molar-refractivity contribution in [3.05, 3.63) is 0 Å². The maximum Gasteiger partial charge on any atom is 0.303 e. The molecule has 0 aromatic heterocycles. The smallest absolute Gasteiger partial charge is 0.303 e. The van der Waals surface area contributed by atoms with Gasteiger partial charge in [0.2, 0.25) is 0 Å². The van der Waals surface area contributed by atoms with Crippen LogP contribution in [0.5, 0.6) is 0 Å². The summed E-state index contributed by atoms with van der Waals surface area (Å²) in [6, 6.07) is 0. The SMILES string of the molecule is C1CCCCC1.CCC(=O)O.CCC(=O)O.CO.CO. The fourth-order valence-corrected chi connectivity index (χ4v) is 1.06. The first kappa shape index (κ1) is 27.2. The number of hydrogen-bond donors (Lipinski definition) is 4. The highest BCUT2D eigenvalue weighted by atomic mass is 16.4. The van der Waals surface area contributed by atoms with Gasteiger partial charge in [0.1, 0.15) is 0 Å². The quantitative estimate of drug-likeness (QED) is 0.622. The minimum atomic E-state index is -0.745. The molecule has 0 amide bonds. The van der Waals surface area contributed by atoms with Gasteiger partial charge in [-0.2, -0.15) is 0 Å². The van der Waals surface area contributed by atoms with Gasteiger partial charge in [-0.1, -0.05) is 52.4 Å². The molecule has 4 N–H and O–H groups in total. The molecule has 0 atom stereocenters. The Morgan fingerprint density at radius 1 is 0.650 bits per heavy atom. The van der Waals surface area contributed by atoms with Gasteiger partial charge < -0.3 is 20.4 Å². The van der Waals surface area contributed by atoms with E-state index in [0.29, 0.717) is 0 Å². The monoisotopic (exact) mass is 296 g/mol. The largest absolute Gasteiger partial charge is 0.481 e. The zero-order chi connectivity index (χ0) is 16.8. The van der Waals surface area contributed by atoms with Gasteiger partial charge in [0.25, 0.3) is 0 Å². The normalized spacial score (nSPS) is 11.5. The lowest BCUT2D eigenvalue weighted by Gasteiger charge is -2.05. The van der Waals surface area contributed by atoms with Crippen LogP contribution in [-0.2, 0) is 9.59 Å². The van der Waals surface area contributed by atoms with Gasteiger partial charge in [0.05, 0.1) is 0 Å². The van der Waals surface area contributed by atoms with Crippen LogP contribution in [0.25, 0.3) is 0 Å². The summed E-state index contributed by atoms with van der Waals surface area (Å²) in [6.07, 6.45) is 9.44. The Labute approximate surface area is 122 Å². The molecule has 0 aromatic rings. The topological polar surface area (TPSA) is 115 Å². The second-order valence-electron chi connectivity index (χ2n) is 3.62. The fourth-order valence-electron chi connectivity index (χ4n) is 1.06. The molecular formula is C14H32O6. The van der Waals surface area contributed by atoms with Crippen molar-refractivity contribution >= 4 is 11.9 Å². The van der Waals surface area contributed by atoms with E-state index in [9.17, 15) is 9.59 Å². The first-order valence-corrected chi connectivity index (χ1v) is 6.87. The minimum Gasteiger partial charge on any atom is -0.481 e. The number of rotatable bonds is 2. The zero-order valence-corrected chi connectivity index (χ0v) is 13.3. The summed E-state index contributed by atoms with van der Waals surface area (Å²) < 4.78 is 0. The average Bonchev–Trinajstić information content (AvgIpc) is 2.54. The van der Waals surface area contributed by atoms with E-state index in [4.69, 9.17) is 20.4 Å². The Bertz CT molecular complexity index is 153. The van der Waals surface area contributed by atoms with E-state index in [0.717, 1.165) is 14.2 Å². The number of aliphatic carboxylic acids is 2. The minimum absolute atomic E-state index is 0.222. The molecule has 0 bridgehead atoms. The molecule has 0 saturated heterocycles. The third-order valence-electron chi connectivity index (χ3n) is 2.10. The van der Waals surface area contributed by atoms with Crippen LogP contribution < -0.4 is 0 Å². The molecule has 6 heteroatoms. The molecular weight excluding hydrogens is 264 g/mol. The number of hydrogen-bond acceptors (Lipinski definition) is 4. The molecule has 0 heterocycles. The van der Waals surface area contributed by atoms with Crippen LogP contribution in [0, 0.1) is 0 Å². The van der Waals surface area contributed by atoms with Gasteiger partial charge >= 0.3 is 11.9 Å². The van der Waals surface area contributed by atoms with E-state index in [1.54, 1.807) is 13.8 Å². The molecule has 1 saturated carbocycles. The van der Waals surface area contributed by atoms with E-state index in [-0.39, 0.29) is 12.8 Å². The summed E-state index contributed by atoms with van der Waals surface area (Å²) in [5.74, 6) is -1.49. The number of carbonyl (C=O) groups is 2. The predicted octanol–water partition coefficient (Wildman–Crippen LogP) is 2.52. The van der Waals surface area contributed by atoms with E-state index < -0.39 is 11.9 Å². The van der Waals surface area contributed by atoms with Crippen molar-refractivity contribution in [2.75, 3.05) is 14.2 Å². The van der Waals surface area contributed by atoms with Crippen LogP contribution in [-0.4, -0.2) is 46.6 Å². The Morgan fingerprint density at radius 3 is 0.800 bits per heavy atom. The Hall–Kier alpha value is -1.14. The molecule has 124 valence electrons. The van der Waals surface area contributed by atoms with Gasteiger partial charge in [0.15, 0.2) is 0 Å². The summed E-state index contributed by atoms with van der Waals surface area (Å²) in [4.78, 5) is 18.7. The van der Waals surface area contributed by atoms with Crippen molar-refractivity contribution < 1.29 is 30.0 Å². The summed E-state index contributed by atoms with van der Waals surface area (Å²) in [6.45, 7) is 3.20. The maximum absolute atomic E-state index is 9.37. The molecule has 1 rings (SSSR count). The first-order valence-electron chi connectivity index (χ1n) is 6.87. The lowest BCUT2D eigenvalue weighted by atomic mass is 10.0. The second-order valence-corrected chi connectivity index (χ2v) is 3.62. The van der Waals surface area contributed by atoms with Crippen LogP contribution in [0.15, 0.2) is 0 Å². The van der Waals surface area contributed by atoms with Crippen molar-refractivity contribution in [2.45, 2.75) is 65.2 Å². The Morgan fingerprint density at radius 2 is 0.750 bits per heavy atom. The number of aliphatic hydroxyl groups is 2. The van der Waals surface area contributed by atoms with Crippen LogP contribution >= 0.6 is 0 Å². The molecule has 0 unspecified atom stereocenters. The summed E-state index contributed by atoms with van der Waals surface area (Å²) in [5.41, 5.74) is 0. The lowest BCUT2D eigenvalue weighted by Crippen LogP contribution is -1.86. The van der Waals surface area contributed by atoms with Crippen LogP contribution in [0.4, 0.5) is 0 Å². The van der Waals surface area contributed by atoms with Gasteiger partial charge in [-0.3, -0.25) is 9.59 Å². The molecule has 0 aliphatic heterocycles. The van der Waals surface area contributed by atoms with E-state index in [2.05, 4.69) is 0 Å².